The van der Waals surface area contributed by atoms with E-state index in [1.54, 1.807) is 0 Å². The van der Waals surface area contributed by atoms with Gasteiger partial charge in [0.1, 0.15) is 0 Å². The summed E-state index contributed by atoms with van der Waals surface area (Å²) in [6, 6.07) is 10.3. The second-order valence-electron chi connectivity index (χ2n) is 6.55. The third kappa shape index (κ3) is 2.24. The van der Waals surface area contributed by atoms with E-state index in [0.717, 1.165) is 38.8 Å². The van der Waals surface area contributed by atoms with Gasteiger partial charge in [-0.15, -0.1) is 0 Å². The molecule has 3 rings (SSSR count). The molecule has 1 saturated heterocycles. The van der Waals surface area contributed by atoms with Gasteiger partial charge in [0.2, 0.25) is 5.91 Å². The number of carbonyl (C=O) groups is 1. The molecule has 20 heavy (non-hydrogen) atoms. The highest BCUT2D eigenvalue weighted by atomic mass is 16.2. The summed E-state index contributed by atoms with van der Waals surface area (Å²) in [5.74, 6) is 0.349. The van der Waals surface area contributed by atoms with Crippen LogP contribution in [0.15, 0.2) is 30.3 Å². The average molecular weight is 272 g/mol. The Labute approximate surface area is 121 Å². The van der Waals surface area contributed by atoms with Crippen molar-refractivity contribution in [1.82, 2.24) is 10.2 Å². The van der Waals surface area contributed by atoms with Crippen molar-refractivity contribution in [3.8, 4) is 0 Å². The minimum absolute atomic E-state index is 0.195. The first-order valence-electron chi connectivity index (χ1n) is 7.64. The quantitative estimate of drug-likeness (QED) is 0.916. The molecule has 3 nitrogen and oxygen atoms in total. The molecule has 3 heteroatoms. The fraction of sp³-hybridized carbons (Fsp3) is 0.588. The van der Waals surface area contributed by atoms with Gasteiger partial charge in [-0.05, 0) is 45.2 Å². The van der Waals surface area contributed by atoms with E-state index in [1.165, 1.54) is 5.56 Å². The van der Waals surface area contributed by atoms with Crippen LogP contribution in [0, 0.1) is 0 Å². The summed E-state index contributed by atoms with van der Waals surface area (Å²) in [6.07, 6.45) is 4.10. The lowest BCUT2D eigenvalue weighted by Crippen LogP contribution is -2.53. The predicted molar refractivity (Wildman–Crippen MR) is 80.6 cm³/mol. The Hall–Kier alpha value is -1.35. The number of amides is 1. The molecule has 1 saturated carbocycles. The van der Waals surface area contributed by atoms with E-state index in [4.69, 9.17) is 0 Å². The summed E-state index contributed by atoms with van der Waals surface area (Å²) >= 11 is 0. The van der Waals surface area contributed by atoms with E-state index in [9.17, 15) is 4.79 Å². The molecular weight excluding hydrogens is 248 g/mol. The van der Waals surface area contributed by atoms with E-state index in [-0.39, 0.29) is 11.0 Å². The van der Waals surface area contributed by atoms with Crippen LogP contribution in [0.1, 0.15) is 38.2 Å². The van der Waals surface area contributed by atoms with E-state index in [0.29, 0.717) is 5.91 Å². The minimum atomic E-state index is -0.200. The number of benzene rings is 1. The van der Waals surface area contributed by atoms with Crippen LogP contribution < -0.4 is 5.32 Å². The molecule has 1 aromatic carbocycles. The fourth-order valence-corrected chi connectivity index (χ4v) is 3.26. The molecule has 2 fully saturated rings. The number of carbonyl (C=O) groups excluding carboxylic acids is 1. The van der Waals surface area contributed by atoms with Crippen LogP contribution in [0.5, 0.6) is 0 Å². The van der Waals surface area contributed by atoms with E-state index in [2.05, 4.69) is 29.3 Å². The lowest BCUT2D eigenvalue weighted by molar-refractivity contribution is -0.135. The first-order chi connectivity index (χ1) is 9.60. The Morgan fingerprint density at radius 3 is 2.20 bits per heavy atom. The molecule has 108 valence electrons. The largest absolute Gasteiger partial charge is 0.342 e. The third-order valence-electron chi connectivity index (χ3n) is 5.24. The van der Waals surface area contributed by atoms with Gasteiger partial charge in [-0.3, -0.25) is 4.79 Å². The molecular formula is C17H24N2O. The Morgan fingerprint density at radius 1 is 1.10 bits per heavy atom. The van der Waals surface area contributed by atoms with Gasteiger partial charge in [0, 0.05) is 18.6 Å². The molecule has 1 heterocycles. The van der Waals surface area contributed by atoms with Gasteiger partial charge >= 0.3 is 0 Å². The summed E-state index contributed by atoms with van der Waals surface area (Å²) in [4.78, 5) is 15.0. The summed E-state index contributed by atoms with van der Waals surface area (Å²) in [7, 11) is 2.02. The Balaban J connectivity index is 1.72. The van der Waals surface area contributed by atoms with Crippen molar-refractivity contribution in [3.63, 3.8) is 0 Å². The Kier molecular flexibility index (Phi) is 3.33. The van der Waals surface area contributed by atoms with Crippen molar-refractivity contribution in [2.75, 3.05) is 20.1 Å². The second-order valence-corrected chi connectivity index (χ2v) is 6.55. The molecule has 0 atom stereocenters. The Morgan fingerprint density at radius 2 is 1.70 bits per heavy atom. The van der Waals surface area contributed by atoms with Crippen molar-refractivity contribution in [1.29, 1.82) is 0 Å². The zero-order chi connectivity index (χ0) is 14.2. The SMILES string of the molecule is CNC1(C)CCN(C(=O)C2(c3ccccc3)CC2)CC1. The van der Waals surface area contributed by atoms with E-state index >= 15 is 0 Å². The maximum atomic E-state index is 12.9. The number of nitrogens with zero attached hydrogens (tertiary/aromatic N) is 1. The van der Waals surface area contributed by atoms with Crippen molar-refractivity contribution in [2.24, 2.45) is 0 Å². The van der Waals surface area contributed by atoms with Crippen molar-refractivity contribution < 1.29 is 4.79 Å². The summed E-state index contributed by atoms with van der Waals surface area (Å²) in [5, 5.41) is 3.39. The molecule has 1 aliphatic heterocycles. The highest BCUT2D eigenvalue weighted by Gasteiger charge is 2.53. The molecule has 1 N–H and O–H groups in total. The topological polar surface area (TPSA) is 32.3 Å². The van der Waals surface area contributed by atoms with Gasteiger partial charge in [-0.2, -0.15) is 0 Å². The zero-order valence-electron chi connectivity index (χ0n) is 12.5. The molecule has 0 bridgehead atoms. The fourth-order valence-electron chi connectivity index (χ4n) is 3.26. The molecule has 1 aromatic rings. The van der Waals surface area contributed by atoms with Crippen LogP contribution in [-0.4, -0.2) is 36.5 Å². The smallest absolute Gasteiger partial charge is 0.233 e. The number of nitrogens with one attached hydrogen (secondary N) is 1. The minimum Gasteiger partial charge on any atom is -0.342 e. The normalized spacial score (nSPS) is 23.4. The maximum Gasteiger partial charge on any atom is 0.233 e. The Bertz CT molecular complexity index is 485. The van der Waals surface area contributed by atoms with Crippen LogP contribution in [-0.2, 0) is 10.2 Å². The number of rotatable bonds is 3. The number of piperidine rings is 1. The number of likely N-dealkylation sites (tertiary alicyclic amines) is 1. The van der Waals surface area contributed by atoms with Gasteiger partial charge in [0.05, 0.1) is 5.41 Å². The van der Waals surface area contributed by atoms with Crippen molar-refractivity contribution in [3.05, 3.63) is 35.9 Å². The van der Waals surface area contributed by atoms with E-state index in [1.807, 2.05) is 25.2 Å². The molecule has 0 radical (unpaired) electrons. The highest BCUT2D eigenvalue weighted by molar-refractivity contribution is 5.91. The highest BCUT2D eigenvalue weighted by Crippen LogP contribution is 2.49. The zero-order valence-corrected chi connectivity index (χ0v) is 12.5. The maximum absolute atomic E-state index is 12.9. The lowest BCUT2D eigenvalue weighted by Gasteiger charge is -2.40. The van der Waals surface area contributed by atoms with Crippen LogP contribution >= 0.6 is 0 Å². The number of hydrogen-bond acceptors (Lipinski definition) is 2. The molecule has 2 aliphatic rings. The van der Waals surface area contributed by atoms with Crippen molar-refractivity contribution >= 4 is 5.91 Å². The van der Waals surface area contributed by atoms with Crippen LogP contribution in [0.3, 0.4) is 0 Å². The summed E-state index contributed by atoms with van der Waals surface area (Å²) in [6.45, 7) is 4.01. The van der Waals surface area contributed by atoms with Gasteiger partial charge in [-0.25, -0.2) is 0 Å². The molecule has 0 aromatic heterocycles. The molecule has 1 amide bonds. The average Bonchev–Trinajstić information content (AvgIpc) is 3.30. The van der Waals surface area contributed by atoms with Crippen molar-refractivity contribution in [2.45, 2.75) is 43.6 Å². The van der Waals surface area contributed by atoms with Crippen LogP contribution in [0.2, 0.25) is 0 Å². The molecule has 0 unspecified atom stereocenters. The third-order valence-corrected chi connectivity index (χ3v) is 5.24. The predicted octanol–water partition coefficient (Wildman–Crippen LogP) is 2.32. The van der Waals surface area contributed by atoms with E-state index < -0.39 is 0 Å². The first-order valence-corrected chi connectivity index (χ1v) is 7.64. The lowest BCUT2D eigenvalue weighted by atomic mass is 9.88. The molecule has 0 spiro atoms. The van der Waals surface area contributed by atoms with Gasteiger partial charge in [0.15, 0.2) is 0 Å². The number of hydrogen-bond donors (Lipinski definition) is 1. The van der Waals surface area contributed by atoms with Crippen LogP contribution in [0.25, 0.3) is 0 Å². The van der Waals surface area contributed by atoms with Gasteiger partial charge in [-0.1, -0.05) is 30.3 Å². The van der Waals surface area contributed by atoms with Gasteiger partial charge < -0.3 is 10.2 Å². The van der Waals surface area contributed by atoms with Gasteiger partial charge in [0.25, 0.3) is 0 Å². The summed E-state index contributed by atoms with van der Waals surface area (Å²) < 4.78 is 0. The summed E-state index contributed by atoms with van der Waals surface area (Å²) in [5.41, 5.74) is 1.20. The monoisotopic (exact) mass is 272 g/mol. The first kappa shape index (κ1) is 13.6. The van der Waals surface area contributed by atoms with Crippen LogP contribution in [0.4, 0.5) is 0 Å². The molecule has 1 aliphatic carbocycles. The second kappa shape index (κ2) is 4.88. The standard InChI is InChI=1S/C17H24N2O/c1-16(18-2)10-12-19(13-11-16)15(20)17(8-9-17)14-6-4-3-5-7-14/h3-7,18H,8-13H2,1-2H3.